The first-order valence-corrected chi connectivity index (χ1v) is 7.30. The molecule has 0 heterocycles. The molecule has 1 aliphatic rings. The Morgan fingerprint density at radius 3 is 2.42 bits per heavy atom. The minimum Gasteiger partial charge on any atom is -0.389 e. The lowest BCUT2D eigenvalue weighted by Gasteiger charge is -2.32. The third-order valence-corrected chi connectivity index (χ3v) is 4.19. The van der Waals surface area contributed by atoms with Gasteiger partial charge in [0, 0.05) is 18.7 Å². The summed E-state index contributed by atoms with van der Waals surface area (Å²) >= 11 is 0. The summed E-state index contributed by atoms with van der Waals surface area (Å²) in [5.74, 6) is -0.231. The molecule has 1 saturated carbocycles. The third-order valence-electron chi connectivity index (χ3n) is 4.19. The van der Waals surface area contributed by atoms with E-state index in [-0.39, 0.29) is 5.82 Å². The van der Waals surface area contributed by atoms with Crippen molar-refractivity contribution in [3.05, 3.63) is 29.6 Å². The molecule has 0 saturated heterocycles. The summed E-state index contributed by atoms with van der Waals surface area (Å²) in [7, 11) is 1.96. The van der Waals surface area contributed by atoms with Gasteiger partial charge in [-0.1, -0.05) is 37.8 Å². The van der Waals surface area contributed by atoms with Gasteiger partial charge in [0.1, 0.15) is 5.82 Å². The molecular formula is C16H24FNO. The van der Waals surface area contributed by atoms with Gasteiger partial charge in [0.2, 0.25) is 0 Å². The lowest BCUT2D eigenvalue weighted by atomic mass is 10.0. The number of rotatable bonds is 3. The highest BCUT2D eigenvalue weighted by molar-refractivity contribution is 5.56. The number of para-hydroxylation sites is 1. The molecule has 2 rings (SSSR count). The summed E-state index contributed by atoms with van der Waals surface area (Å²) in [6.07, 6.45) is 6.59. The quantitative estimate of drug-likeness (QED) is 0.834. The van der Waals surface area contributed by atoms with E-state index in [9.17, 15) is 9.50 Å². The van der Waals surface area contributed by atoms with Crippen molar-refractivity contribution in [2.45, 2.75) is 57.6 Å². The Bertz CT molecular complexity index is 411. The average molecular weight is 265 g/mol. The van der Waals surface area contributed by atoms with E-state index in [1.165, 1.54) is 31.7 Å². The first kappa shape index (κ1) is 14.3. The van der Waals surface area contributed by atoms with Crippen LogP contribution in [-0.4, -0.2) is 18.2 Å². The molecule has 0 amide bonds. The molecule has 19 heavy (non-hydrogen) atoms. The summed E-state index contributed by atoms with van der Waals surface area (Å²) < 4.78 is 14.2. The van der Waals surface area contributed by atoms with E-state index in [1.807, 2.05) is 18.0 Å². The van der Waals surface area contributed by atoms with Gasteiger partial charge in [0.15, 0.2) is 0 Å². The molecule has 1 atom stereocenters. The zero-order chi connectivity index (χ0) is 13.8. The molecule has 1 aliphatic carbocycles. The van der Waals surface area contributed by atoms with E-state index in [4.69, 9.17) is 0 Å². The molecule has 1 aromatic carbocycles. The summed E-state index contributed by atoms with van der Waals surface area (Å²) in [4.78, 5) is 2.04. The molecule has 0 radical (unpaired) electrons. The maximum atomic E-state index is 14.2. The SMILES string of the molecule is C[C@@H](O)c1cccc(F)c1N(C)C1CCCCCC1. The van der Waals surface area contributed by atoms with Crippen LogP contribution in [-0.2, 0) is 0 Å². The van der Waals surface area contributed by atoms with E-state index in [0.29, 0.717) is 17.3 Å². The normalized spacial score (nSPS) is 18.9. The lowest BCUT2D eigenvalue weighted by Crippen LogP contribution is -2.32. The predicted octanol–water partition coefficient (Wildman–Crippen LogP) is 4.04. The Kier molecular flexibility index (Phi) is 4.81. The van der Waals surface area contributed by atoms with Gasteiger partial charge in [0.05, 0.1) is 11.8 Å². The van der Waals surface area contributed by atoms with E-state index in [0.717, 1.165) is 12.8 Å². The Labute approximate surface area is 115 Å². The second-order valence-corrected chi connectivity index (χ2v) is 5.61. The first-order valence-electron chi connectivity index (χ1n) is 7.30. The maximum Gasteiger partial charge on any atom is 0.146 e. The summed E-state index contributed by atoms with van der Waals surface area (Å²) in [5, 5.41) is 9.84. The number of halogens is 1. The average Bonchev–Trinajstić information content (AvgIpc) is 2.66. The fourth-order valence-electron chi connectivity index (χ4n) is 3.07. The van der Waals surface area contributed by atoms with Crippen molar-refractivity contribution in [1.29, 1.82) is 0 Å². The van der Waals surface area contributed by atoms with Crippen LogP contribution in [0.2, 0.25) is 0 Å². The number of anilines is 1. The molecule has 0 unspecified atom stereocenters. The van der Waals surface area contributed by atoms with Crippen molar-refractivity contribution in [1.82, 2.24) is 0 Å². The first-order chi connectivity index (χ1) is 9.11. The van der Waals surface area contributed by atoms with E-state index in [2.05, 4.69) is 0 Å². The monoisotopic (exact) mass is 265 g/mol. The third kappa shape index (κ3) is 3.27. The molecule has 0 bridgehead atoms. The molecule has 0 spiro atoms. The minimum absolute atomic E-state index is 0.231. The van der Waals surface area contributed by atoms with E-state index in [1.54, 1.807) is 13.0 Å². The van der Waals surface area contributed by atoms with Crippen LogP contribution < -0.4 is 4.90 Å². The number of nitrogens with zero attached hydrogens (tertiary/aromatic N) is 1. The summed E-state index contributed by atoms with van der Waals surface area (Å²) in [6, 6.07) is 5.35. The summed E-state index contributed by atoms with van der Waals surface area (Å²) in [5.41, 5.74) is 1.26. The second kappa shape index (κ2) is 6.38. The van der Waals surface area contributed by atoms with E-state index < -0.39 is 6.10 Å². The van der Waals surface area contributed by atoms with Gasteiger partial charge in [-0.25, -0.2) is 4.39 Å². The highest BCUT2D eigenvalue weighted by Gasteiger charge is 2.23. The van der Waals surface area contributed by atoms with Crippen molar-refractivity contribution in [3.63, 3.8) is 0 Å². The second-order valence-electron chi connectivity index (χ2n) is 5.61. The Morgan fingerprint density at radius 1 is 1.21 bits per heavy atom. The molecule has 1 N–H and O–H groups in total. The van der Waals surface area contributed by atoms with Gasteiger partial charge in [-0.3, -0.25) is 0 Å². The van der Waals surface area contributed by atoms with Gasteiger partial charge in [-0.05, 0) is 25.8 Å². The number of hydrogen-bond acceptors (Lipinski definition) is 2. The van der Waals surface area contributed by atoms with Crippen molar-refractivity contribution < 1.29 is 9.50 Å². The molecule has 1 fully saturated rings. The molecule has 0 aromatic heterocycles. The van der Waals surface area contributed by atoms with Crippen LogP contribution in [0, 0.1) is 5.82 Å². The lowest BCUT2D eigenvalue weighted by molar-refractivity contribution is 0.199. The van der Waals surface area contributed by atoms with Crippen molar-refractivity contribution in [3.8, 4) is 0 Å². The zero-order valence-corrected chi connectivity index (χ0v) is 11.9. The van der Waals surface area contributed by atoms with Crippen LogP contribution in [0.15, 0.2) is 18.2 Å². The van der Waals surface area contributed by atoms with Crippen LogP contribution in [0.3, 0.4) is 0 Å². The summed E-state index contributed by atoms with van der Waals surface area (Å²) in [6.45, 7) is 1.69. The molecule has 106 valence electrons. The van der Waals surface area contributed by atoms with Crippen LogP contribution >= 0.6 is 0 Å². The number of benzene rings is 1. The standard InChI is InChI=1S/C16H24FNO/c1-12(19)14-10-7-11-15(17)16(14)18(2)13-8-5-3-4-6-9-13/h7,10-13,19H,3-6,8-9H2,1-2H3/t12-/m1/s1. The zero-order valence-electron chi connectivity index (χ0n) is 11.9. The smallest absolute Gasteiger partial charge is 0.146 e. The topological polar surface area (TPSA) is 23.5 Å². The predicted molar refractivity (Wildman–Crippen MR) is 76.9 cm³/mol. The number of aliphatic hydroxyl groups excluding tert-OH is 1. The maximum absolute atomic E-state index is 14.2. The largest absolute Gasteiger partial charge is 0.389 e. The van der Waals surface area contributed by atoms with Crippen LogP contribution in [0.1, 0.15) is 57.1 Å². The highest BCUT2D eigenvalue weighted by Crippen LogP contribution is 2.32. The number of hydrogen-bond donors (Lipinski definition) is 1. The fraction of sp³-hybridized carbons (Fsp3) is 0.625. The molecule has 0 aliphatic heterocycles. The van der Waals surface area contributed by atoms with Gasteiger partial charge in [0.25, 0.3) is 0 Å². The molecular weight excluding hydrogens is 241 g/mol. The fourth-order valence-corrected chi connectivity index (χ4v) is 3.07. The van der Waals surface area contributed by atoms with E-state index >= 15 is 0 Å². The Balaban J connectivity index is 2.28. The van der Waals surface area contributed by atoms with Crippen LogP contribution in [0.25, 0.3) is 0 Å². The van der Waals surface area contributed by atoms with Crippen molar-refractivity contribution in [2.24, 2.45) is 0 Å². The molecule has 3 heteroatoms. The highest BCUT2D eigenvalue weighted by atomic mass is 19.1. The Hall–Kier alpha value is -1.09. The molecule has 2 nitrogen and oxygen atoms in total. The minimum atomic E-state index is -0.640. The molecule has 1 aromatic rings. The van der Waals surface area contributed by atoms with Crippen molar-refractivity contribution >= 4 is 5.69 Å². The van der Waals surface area contributed by atoms with Crippen molar-refractivity contribution in [2.75, 3.05) is 11.9 Å². The van der Waals surface area contributed by atoms with Crippen LogP contribution in [0.4, 0.5) is 10.1 Å². The van der Waals surface area contributed by atoms with Gasteiger partial charge >= 0.3 is 0 Å². The van der Waals surface area contributed by atoms with Gasteiger partial charge in [-0.15, -0.1) is 0 Å². The number of aliphatic hydroxyl groups is 1. The van der Waals surface area contributed by atoms with Crippen LogP contribution in [0.5, 0.6) is 0 Å². The van der Waals surface area contributed by atoms with Gasteiger partial charge in [-0.2, -0.15) is 0 Å². The van der Waals surface area contributed by atoms with Gasteiger partial charge < -0.3 is 10.0 Å². The Morgan fingerprint density at radius 2 is 1.84 bits per heavy atom.